The first-order chi connectivity index (χ1) is 9.76. The normalized spacial score (nSPS) is 21.9. The van der Waals surface area contributed by atoms with Crippen molar-refractivity contribution < 1.29 is 4.74 Å². The lowest BCUT2D eigenvalue weighted by Crippen LogP contribution is -2.52. The Bertz CT molecular complexity index is 390. The maximum atomic E-state index is 5.98. The van der Waals surface area contributed by atoms with Crippen molar-refractivity contribution in [3.8, 4) is 0 Å². The van der Waals surface area contributed by atoms with Gasteiger partial charge in [-0.1, -0.05) is 38.1 Å². The van der Waals surface area contributed by atoms with Crippen LogP contribution in [0.5, 0.6) is 0 Å². The lowest BCUT2D eigenvalue weighted by molar-refractivity contribution is -0.0436. The molecule has 0 aromatic heterocycles. The van der Waals surface area contributed by atoms with Crippen LogP contribution in [0.3, 0.4) is 0 Å². The van der Waals surface area contributed by atoms with E-state index in [9.17, 15) is 0 Å². The van der Waals surface area contributed by atoms with Crippen molar-refractivity contribution in [1.82, 2.24) is 10.2 Å². The van der Waals surface area contributed by atoms with Crippen molar-refractivity contribution in [2.75, 3.05) is 33.3 Å². The van der Waals surface area contributed by atoms with E-state index in [-0.39, 0.29) is 0 Å². The first-order valence-corrected chi connectivity index (χ1v) is 7.85. The fourth-order valence-corrected chi connectivity index (χ4v) is 2.85. The Morgan fingerprint density at radius 1 is 1.25 bits per heavy atom. The number of ether oxygens (including phenoxy) is 1. The topological polar surface area (TPSA) is 24.5 Å². The van der Waals surface area contributed by atoms with E-state index in [2.05, 4.69) is 48.3 Å². The van der Waals surface area contributed by atoms with E-state index in [0.717, 1.165) is 39.1 Å². The second kappa shape index (κ2) is 7.77. The van der Waals surface area contributed by atoms with Gasteiger partial charge in [0.1, 0.15) is 0 Å². The Balaban J connectivity index is 1.96. The molecule has 0 spiro atoms. The van der Waals surface area contributed by atoms with Crippen LogP contribution in [-0.2, 0) is 17.6 Å². The molecule has 1 aromatic carbocycles. The third kappa shape index (κ3) is 4.05. The van der Waals surface area contributed by atoms with Gasteiger partial charge in [0.15, 0.2) is 0 Å². The highest BCUT2D eigenvalue weighted by molar-refractivity contribution is 5.23. The van der Waals surface area contributed by atoms with Gasteiger partial charge in [0.2, 0.25) is 0 Å². The molecule has 0 amide bonds. The van der Waals surface area contributed by atoms with Crippen molar-refractivity contribution in [2.24, 2.45) is 0 Å². The van der Waals surface area contributed by atoms with Gasteiger partial charge in [-0.3, -0.25) is 4.90 Å². The van der Waals surface area contributed by atoms with E-state index in [1.165, 1.54) is 11.1 Å². The summed E-state index contributed by atoms with van der Waals surface area (Å²) in [6.07, 6.45) is 2.43. The van der Waals surface area contributed by atoms with E-state index < -0.39 is 0 Å². The molecule has 3 heteroatoms. The number of nitrogens with zero attached hydrogens (tertiary/aromatic N) is 1. The Kier molecular flexibility index (Phi) is 6.02. The van der Waals surface area contributed by atoms with Crippen molar-refractivity contribution >= 4 is 0 Å². The van der Waals surface area contributed by atoms with Gasteiger partial charge >= 0.3 is 0 Å². The SMILES string of the molecule is CCc1ccc(CC(NC)C2CN(CC)CCO2)cc1. The second-order valence-corrected chi connectivity index (χ2v) is 5.57. The van der Waals surface area contributed by atoms with Crippen LogP contribution in [0.15, 0.2) is 24.3 Å². The Hall–Kier alpha value is -0.900. The summed E-state index contributed by atoms with van der Waals surface area (Å²) in [5.74, 6) is 0. The molecule has 2 atom stereocenters. The molecule has 1 fully saturated rings. The predicted molar refractivity (Wildman–Crippen MR) is 84.2 cm³/mol. The molecule has 20 heavy (non-hydrogen) atoms. The predicted octanol–water partition coefficient (Wildman–Crippen LogP) is 2.10. The highest BCUT2D eigenvalue weighted by Gasteiger charge is 2.26. The quantitative estimate of drug-likeness (QED) is 0.861. The van der Waals surface area contributed by atoms with E-state index >= 15 is 0 Å². The Morgan fingerprint density at radius 3 is 2.55 bits per heavy atom. The van der Waals surface area contributed by atoms with Crippen LogP contribution < -0.4 is 5.32 Å². The smallest absolute Gasteiger partial charge is 0.0858 e. The molecule has 1 aliphatic heterocycles. The summed E-state index contributed by atoms with van der Waals surface area (Å²) in [5, 5.41) is 3.44. The number of rotatable bonds is 6. The minimum absolute atomic E-state index is 0.291. The minimum atomic E-state index is 0.291. The number of hydrogen-bond donors (Lipinski definition) is 1. The molecule has 1 heterocycles. The molecule has 2 unspecified atom stereocenters. The first kappa shape index (κ1) is 15.5. The number of morpholine rings is 1. The van der Waals surface area contributed by atoms with Gasteiger partial charge in [-0.05, 0) is 37.6 Å². The largest absolute Gasteiger partial charge is 0.374 e. The van der Waals surface area contributed by atoms with Gasteiger partial charge in [-0.25, -0.2) is 0 Å². The average molecular weight is 276 g/mol. The van der Waals surface area contributed by atoms with Gasteiger partial charge in [0.25, 0.3) is 0 Å². The molecule has 1 aromatic rings. The zero-order valence-electron chi connectivity index (χ0n) is 13.1. The monoisotopic (exact) mass is 276 g/mol. The Morgan fingerprint density at radius 2 is 1.95 bits per heavy atom. The third-order valence-corrected chi connectivity index (χ3v) is 4.33. The van der Waals surface area contributed by atoms with E-state index in [1.807, 2.05) is 7.05 Å². The maximum absolute atomic E-state index is 5.98. The minimum Gasteiger partial charge on any atom is -0.374 e. The van der Waals surface area contributed by atoms with Crippen molar-refractivity contribution in [3.63, 3.8) is 0 Å². The van der Waals surface area contributed by atoms with E-state index in [0.29, 0.717) is 12.1 Å². The van der Waals surface area contributed by atoms with Crippen molar-refractivity contribution in [1.29, 1.82) is 0 Å². The lowest BCUT2D eigenvalue weighted by atomic mass is 9.99. The number of benzene rings is 1. The molecule has 2 rings (SSSR count). The molecule has 0 saturated carbocycles. The number of likely N-dealkylation sites (N-methyl/N-ethyl adjacent to an activating group) is 2. The second-order valence-electron chi connectivity index (χ2n) is 5.57. The maximum Gasteiger partial charge on any atom is 0.0858 e. The molecule has 1 saturated heterocycles. The molecule has 112 valence electrons. The number of aryl methyl sites for hydroxylation is 1. The van der Waals surface area contributed by atoms with E-state index in [4.69, 9.17) is 4.74 Å². The summed E-state index contributed by atoms with van der Waals surface area (Å²) in [4.78, 5) is 2.47. The molecule has 0 radical (unpaired) electrons. The summed E-state index contributed by atoms with van der Waals surface area (Å²) < 4.78 is 5.98. The Labute approximate surface area is 123 Å². The zero-order valence-corrected chi connectivity index (χ0v) is 13.1. The molecular formula is C17H28N2O. The summed E-state index contributed by atoms with van der Waals surface area (Å²) in [6.45, 7) is 8.48. The van der Waals surface area contributed by atoms with E-state index in [1.54, 1.807) is 0 Å². The van der Waals surface area contributed by atoms with Gasteiger partial charge in [-0.2, -0.15) is 0 Å². The van der Waals surface area contributed by atoms with Crippen LogP contribution in [-0.4, -0.2) is 50.3 Å². The van der Waals surface area contributed by atoms with Crippen LogP contribution in [0, 0.1) is 0 Å². The molecule has 1 N–H and O–H groups in total. The molecule has 0 bridgehead atoms. The lowest BCUT2D eigenvalue weighted by Gasteiger charge is -2.36. The molecule has 1 aliphatic rings. The molecule has 0 aliphatic carbocycles. The zero-order chi connectivity index (χ0) is 14.4. The number of nitrogens with one attached hydrogen (secondary N) is 1. The fourth-order valence-electron chi connectivity index (χ4n) is 2.85. The molecular weight excluding hydrogens is 248 g/mol. The van der Waals surface area contributed by atoms with Gasteiger partial charge in [0, 0.05) is 19.1 Å². The third-order valence-electron chi connectivity index (χ3n) is 4.33. The number of hydrogen-bond acceptors (Lipinski definition) is 3. The summed E-state index contributed by atoms with van der Waals surface area (Å²) in [7, 11) is 2.04. The fraction of sp³-hybridized carbons (Fsp3) is 0.647. The van der Waals surface area contributed by atoms with Crippen LogP contribution in [0.1, 0.15) is 25.0 Å². The van der Waals surface area contributed by atoms with Gasteiger partial charge in [-0.15, -0.1) is 0 Å². The molecule has 3 nitrogen and oxygen atoms in total. The average Bonchev–Trinajstić information content (AvgIpc) is 2.53. The van der Waals surface area contributed by atoms with Crippen LogP contribution in [0.25, 0.3) is 0 Å². The van der Waals surface area contributed by atoms with Gasteiger partial charge in [0.05, 0.1) is 12.7 Å². The summed E-state index contributed by atoms with van der Waals surface area (Å²) in [5.41, 5.74) is 2.79. The van der Waals surface area contributed by atoms with Crippen molar-refractivity contribution in [2.45, 2.75) is 38.8 Å². The summed E-state index contributed by atoms with van der Waals surface area (Å²) >= 11 is 0. The highest BCUT2D eigenvalue weighted by Crippen LogP contribution is 2.14. The van der Waals surface area contributed by atoms with Crippen LogP contribution >= 0.6 is 0 Å². The van der Waals surface area contributed by atoms with Crippen molar-refractivity contribution in [3.05, 3.63) is 35.4 Å². The summed E-state index contributed by atoms with van der Waals surface area (Å²) in [6, 6.07) is 9.37. The van der Waals surface area contributed by atoms with Crippen LogP contribution in [0.4, 0.5) is 0 Å². The van der Waals surface area contributed by atoms with Gasteiger partial charge < -0.3 is 10.1 Å². The highest BCUT2D eigenvalue weighted by atomic mass is 16.5. The van der Waals surface area contributed by atoms with Crippen LogP contribution in [0.2, 0.25) is 0 Å². The first-order valence-electron chi connectivity index (χ1n) is 7.85. The standard InChI is InChI=1S/C17H28N2O/c1-4-14-6-8-15(9-7-14)12-16(18-3)17-13-19(5-2)10-11-20-17/h6-9,16-18H,4-5,10-13H2,1-3H3.